The minimum atomic E-state index is 0.357. The Bertz CT molecular complexity index is 418. The van der Waals surface area contributed by atoms with Gasteiger partial charge in [0.1, 0.15) is 11.9 Å². The van der Waals surface area contributed by atoms with Crippen molar-refractivity contribution in [2.45, 2.75) is 32.2 Å². The minimum Gasteiger partial charge on any atom is -0.397 e. The van der Waals surface area contributed by atoms with E-state index >= 15 is 0 Å². The maximum absolute atomic E-state index is 8.96. The van der Waals surface area contributed by atoms with E-state index in [2.05, 4.69) is 23.3 Å². The molecule has 1 heterocycles. The van der Waals surface area contributed by atoms with Crippen LogP contribution in [0.2, 0.25) is 0 Å². The van der Waals surface area contributed by atoms with E-state index < -0.39 is 0 Å². The Balaban J connectivity index is 2.04. The lowest BCUT2D eigenvalue weighted by Crippen LogP contribution is -2.17. The van der Waals surface area contributed by atoms with Crippen LogP contribution in [0.4, 0.5) is 11.5 Å². The second kappa shape index (κ2) is 4.40. The second-order valence-corrected chi connectivity index (χ2v) is 4.50. The quantitative estimate of drug-likeness (QED) is 0.808. The fourth-order valence-corrected chi connectivity index (χ4v) is 1.83. The molecule has 0 aliphatic heterocycles. The monoisotopic (exact) mass is 216 g/mol. The van der Waals surface area contributed by atoms with E-state index in [9.17, 15) is 0 Å². The molecule has 1 saturated carbocycles. The third-order valence-corrected chi connectivity index (χ3v) is 2.80. The third kappa shape index (κ3) is 2.63. The maximum atomic E-state index is 8.96. The van der Waals surface area contributed by atoms with Gasteiger partial charge in [0, 0.05) is 6.04 Å². The van der Waals surface area contributed by atoms with Crippen LogP contribution < -0.4 is 11.1 Å². The first-order chi connectivity index (χ1) is 7.69. The molecule has 1 aromatic rings. The largest absolute Gasteiger partial charge is 0.397 e. The average Bonchev–Trinajstić information content (AvgIpc) is 3.04. The highest BCUT2D eigenvalue weighted by molar-refractivity contribution is 5.57. The number of nitrogens with zero attached hydrogens (tertiary/aromatic N) is 2. The molecule has 4 heteroatoms. The van der Waals surface area contributed by atoms with E-state index in [1.54, 1.807) is 12.3 Å². The van der Waals surface area contributed by atoms with Crippen LogP contribution in [0.5, 0.6) is 0 Å². The lowest BCUT2D eigenvalue weighted by atomic mass is 10.1. The van der Waals surface area contributed by atoms with E-state index in [4.69, 9.17) is 11.0 Å². The second-order valence-electron chi connectivity index (χ2n) is 4.50. The number of nitrogens with two attached hydrogens (primary N) is 1. The molecule has 4 nitrogen and oxygen atoms in total. The number of anilines is 2. The van der Waals surface area contributed by atoms with Crippen LogP contribution in [0.15, 0.2) is 12.3 Å². The smallest absolute Gasteiger partial charge is 0.144 e. The third-order valence-electron chi connectivity index (χ3n) is 2.80. The summed E-state index contributed by atoms with van der Waals surface area (Å²) in [5.74, 6) is 1.51. The van der Waals surface area contributed by atoms with Gasteiger partial charge in [-0.2, -0.15) is 5.26 Å². The standard InChI is InChI=1S/C12H16N4/c1-8(4-9-2-3-9)16-12-10(6-13)5-11(14)7-15-12/h5,7-9H,2-4,14H2,1H3,(H,15,16). The van der Waals surface area contributed by atoms with Crippen LogP contribution in [0.1, 0.15) is 31.7 Å². The van der Waals surface area contributed by atoms with Crippen molar-refractivity contribution in [3.63, 3.8) is 0 Å². The highest BCUT2D eigenvalue weighted by atomic mass is 15.0. The molecule has 1 aromatic heterocycles. The maximum Gasteiger partial charge on any atom is 0.144 e. The summed E-state index contributed by atoms with van der Waals surface area (Å²) in [5.41, 5.74) is 6.62. The van der Waals surface area contributed by atoms with Gasteiger partial charge >= 0.3 is 0 Å². The van der Waals surface area contributed by atoms with Gasteiger partial charge < -0.3 is 11.1 Å². The normalized spacial score (nSPS) is 16.5. The summed E-state index contributed by atoms with van der Waals surface area (Å²) in [6.07, 6.45) is 5.41. The zero-order valence-electron chi connectivity index (χ0n) is 9.40. The first kappa shape index (κ1) is 10.7. The molecule has 0 saturated heterocycles. The van der Waals surface area contributed by atoms with Crippen molar-refractivity contribution in [1.82, 2.24) is 4.98 Å². The van der Waals surface area contributed by atoms with Crippen molar-refractivity contribution >= 4 is 11.5 Å². The Kier molecular flexibility index (Phi) is 2.95. The molecule has 1 aliphatic carbocycles. The van der Waals surface area contributed by atoms with Crippen molar-refractivity contribution in [2.24, 2.45) is 5.92 Å². The van der Waals surface area contributed by atoms with Crippen LogP contribution in [-0.4, -0.2) is 11.0 Å². The Labute approximate surface area is 95.5 Å². The Hall–Kier alpha value is -1.76. The molecule has 1 unspecified atom stereocenters. The number of rotatable bonds is 4. The van der Waals surface area contributed by atoms with Gasteiger partial charge in [-0.1, -0.05) is 12.8 Å². The molecule has 1 aliphatic rings. The van der Waals surface area contributed by atoms with Gasteiger partial charge in [0.15, 0.2) is 0 Å². The van der Waals surface area contributed by atoms with Crippen LogP contribution in [-0.2, 0) is 0 Å². The summed E-state index contributed by atoms with van der Waals surface area (Å²) in [6.45, 7) is 2.12. The zero-order valence-corrected chi connectivity index (χ0v) is 9.40. The molecule has 3 N–H and O–H groups in total. The highest BCUT2D eigenvalue weighted by Gasteiger charge is 2.23. The van der Waals surface area contributed by atoms with Gasteiger partial charge in [0.2, 0.25) is 0 Å². The summed E-state index contributed by atoms with van der Waals surface area (Å²) >= 11 is 0. The van der Waals surface area contributed by atoms with Crippen LogP contribution in [0.3, 0.4) is 0 Å². The number of nitrogen functional groups attached to an aromatic ring is 1. The van der Waals surface area contributed by atoms with Gasteiger partial charge in [-0.15, -0.1) is 0 Å². The molecule has 2 rings (SSSR count). The Morgan fingerprint density at radius 2 is 2.44 bits per heavy atom. The molecule has 0 bridgehead atoms. The van der Waals surface area contributed by atoms with Gasteiger partial charge in [-0.25, -0.2) is 4.98 Å². The average molecular weight is 216 g/mol. The predicted octanol–water partition coefficient (Wildman–Crippen LogP) is 2.14. The van der Waals surface area contributed by atoms with Crippen LogP contribution >= 0.6 is 0 Å². The van der Waals surface area contributed by atoms with Gasteiger partial charge in [-0.05, 0) is 25.3 Å². The number of hydrogen-bond acceptors (Lipinski definition) is 4. The molecule has 0 amide bonds. The lowest BCUT2D eigenvalue weighted by Gasteiger charge is -2.14. The fourth-order valence-electron chi connectivity index (χ4n) is 1.83. The van der Waals surface area contributed by atoms with E-state index in [-0.39, 0.29) is 0 Å². The molecule has 1 fully saturated rings. The molecule has 0 spiro atoms. The lowest BCUT2D eigenvalue weighted by molar-refractivity contribution is 0.640. The first-order valence-corrected chi connectivity index (χ1v) is 5.61. The molecular weight excluding hydrogens is 200 g/mol. The topological polar surface area (TPSA) is 74.7 Å². The Morgan fingerprint density at radius 1 is 1.69 bits per heavy atom. The van der Waals surface area contributed by atoms with Gasteiger partial charge in [-0.3, -0.25) is 0 Å². The molecule has 84 valence electrons. The number of nitrogens with one attached hydrogen (secondary N) is 1. The number of hydrogen-bond donors (Lipinski definition) is 2. The summed E-state index contributed by atoms with van der Waals surface area (Å²) < 4.78 is 0. The zero-order chi connectivity index (χ0) is 11.5. The molecule has 16 heavy (non-hydrogen) atoms. The van der Waals surface area contributed by atoms with E-state index in [1.807, 2.05) is 0 Å². The summed E-state index contributed by atoms with van der Waals surface area (Å²) in [7, 11) is 0. The van der Waals surface area contributed by atoms with Gasteiger partial charge in [0.25, 0.3) is 0 Å². The minimum absolute atomic E-state index is 0.357. The van der Waals surface area contributed by atoms with Gasteiger partial charge in [0.05, 0.1) is 17.4 Å². The molecular formula is C12H16N4. The molecule has 1 atom stereocenters. The van der Waals surface area contributed by atoms with E-state index in [0.29, 0.717) is 23.1 Å². The molecule has 0 radical (unpaired) electrons. The predicted molar refractivity (Wildman–Crippen MR) is 63.8 cm³/mol. The van der Waals surface area contributed by atoms with Crippen LogP contribution in [0, 0.1) is 17.2 Å². The van der Waals surface area contributed by atoms with Crippen molar-refractivity contribution in [2.75, 3.05) is 11.1 Å². The molecule has 0 aromatic carbocycles. The number of nitriles is 1. The first-order valence-electron chi connectivity index (χ1n) is 5.61. The van der Waals surface area contributed by atoms with E-state index in [1.165, 1.54) is 12.8 Å². The summed E-state index contributed by atoms with van der Waals surface area (Å²) in [6, 6.07) is 4.11. The van der Waals surface area contributed by atoms with Crippen molar-refractivity contribution in [3.8, 4) is 6.07 Å². The summed E-state index contributed by atoms with van der Waals surface area (Å²) in [4.78, 5) is 4.16. The SMILES string of the molecule is CC(CC1CC1)Nc1ncc(N)cc1C#N. The van der Waals surface area contributed by atoms with E-state index in [0.717, 1.165) is 12.3 Å². The van der Waals surface area contributed by atoms with Crippen molar-refractivity contribution < 1.29 is 0 Å². The van der Waals surface area contributed by atoms with Crippen LogP contribution in [0.25, 0.3) is 0 Å². The summed E-state index contributed by atoms with van der Waals surface area (Å²) in [5, 5.41) is 12.2. The number of aromatic nitrogens is 1. The number of pyridine rings is 1. The van der Waals surface area contributed by atoms with Crippen molar-refractivity contribution in [1.29, 1.82) is 5.26 Å². The highest BCUT2D eigenvalue weighted by Crippen LogP contribution is 2.34. The Morgan fingerprint density at radius 3 is 3.06 bits per heavy atom. The van der Waals surface area contributed by atoms with Crippen molar-refractivity contribution in [3.05, 3.63) is 17.8 Å². The fraction of sp³-hybridized carbons (Fsp3) is 0.500.